The molecule has 3 aliphatic rings. The zero-order chi connectivity index (χ0) is 28.9. The minimum absolute atomic E-state index is 0.00854. The van der Waals surface area contributed by atoms with Gasteiger partial charge in [0.1, 0.15) is 23.0 Å². The molecule has 2 aliphatic heterocycles. The van der Waals surface area contributed by atoms with Gasteiger partial charge >= 0.3 is 0 Å². The van der Waals surface area contributed by atoms with Gasteiger partial charge in [-0.15, -0.1) is 0 Å². The third-order valence-corrected chi connectivity index (χ3v) is 8.11. The van der Waals surface area contributed by atoms with Crippen molar-refractivity contribution in [3.8, 4) is 0 Å². The first-order chi connectivity index (χ1) is 19.8. The minimum Gasteiger partial charge on any atom is -0.394 e. The number of aromatic nitrogens is 2. The smallest absolute Gasteiger partial charge is 0.226 e. The van der Waals surface area contributed by atoms with E-state index in [9.17, 15) is 23.1 Å². The number of ether oxygens (including phenoxy) is 1. The van der Waals surface area contributed by atoms with Crippen LogP contribution in [0.5, 0.6) is 0 Å². The lowest BCUT2D eigenvalue weighted by Gasteiger charge is -2.33. The van der Waals surface area contributed by atoms with Crippen LogP contribution in [0.15, 0.2) is 23.3 Å². The maximum Gasteiger partial charge on any atom is 0.226 e. The Bertz CT molecular complexity index is 1240. The van der Waals surface area contributed by atoms with Gasteiger partial charge in [0.15, 0.2) is 17.5 Å². The molecule has 1 amide bonds. The van der Waals surface area contributed by atoms with Crippen LogP contribution in [0.2, 0.25) is 0 Å². The van der Waals surface area contributed by atoms with Gasteiger partial charge in [-0.1, -0.05) is 0 Å². The molecule has 1 aromatic carbocycles. The number of amides is 1. The maximum atomic E-state index is 14.3. The van der Waals surface area contributed by atoms with E-state index in [2.05, 4.69) is 25.6 Å². The second kappa shape index (κ2) is 13.0. The molecule has 2 aromatic rings. The highest BCUT2D eigenvalue weighted by Gasteiger charge is 2.35. The zero-order valence-electron chi connectivity index (χ0n) is 22.8. The van der Waals surface area contributed by atoms with Crippen LogP contribution < -0.4 is 16.4 Å². The first-order valence-electron chi connectivity index (χ1n) is 14.2. The highest BCUT2D eigenvalue weighted by atomic mass is 19.1. The molecule has 0 bridgehead atoms. The number of aliphatic hydroxyl groups excluding tert-OH is 1. The van der Waals surface area contributed by atoms with E-state index in [1.54, 1.807) is 0 Å². The SMILES string of the molecule is Nc1nc(NC2CCC(C(=O)N3CCC[C@H]3CO)CC2)ncc1NC(C[C@H]1CCOC1)=Nc1c(F)cc(F)cc1F. The number of nitrogens with one attached hydrogen (secondary N) is 2. The number of nitrogens with two attached hydrogens (primary N) is 1. The summed E-state index contributed by atoms with van der Waals surface area (Å²) >= 11 is 0. The van der Waals surface area contributed by atoms with Crippen molar-refractivity contribution in [2.24, 2.45) is 16.8 Å². The average Bonchev–Trinajstić information content (AvgIpc) is 3.64. The molecule has 2 atom stereocenters. The van der Waals surface area contributed by atoms with E-state index in [1.165, 1.54) is 6.20 Å². The molecular formula is C28H36F3N7O3. The van der Waals surface area contributed by atoms with E-state index in [4.69, 9.17) is 10.5 Å². The first-order valence-corrected chi connectivity index (χ1v) is 14.2. The largest absolute Gasteiger partial charge is 0.394 e. The number of likely N-dealkylation sites (tertiary alicyclic amines) is 1. The van der Waals surface area contributed by atoms with Gasteiger partial charge < -0.3 is 31.1 Å². The van der Waals surface area contributed by atoms with Crippen molar-refractivity contribution in [2.45, 2.75) is 63.5 Å². The third kappa shape index (κ3) is 7.07. The molecule has 0 radical (unpaired) electrons. The van der Waals surface area contributed by atoms with E-state index in [-0.39, 0.29) is 48.1 Å². The fourth-order valence-corrected chi connectivity index (χ4v) is 5.85. The second-order valence-corrected chi connectivity index (χ2v) is 11.0. The van der Waals surface area contributed by atoms with Crippen LogP contribution in [0.4, 0.5) is 36.3 Å². The molecule has 41 heavy (non-hydrogen) atoms. The number of amidine groups is 1. The lowest BCUT2D eigenvalue weighted by molar-refractivity contribution is -0.138. The van der Waals surface area contributed by atoms with E-state index in [0.29, 0.717) is 49.9 Å². The summed E-state index contributed by atoms with van der Waals surface area (Å²) in [6.45, 7) is 1.79. The van der Waals surface area contributed by atoms with Crippen molar-refractivity contribution >= 4 is 34.9 Å². The van der Waals surface area contributed by atoms with Gasteiger partial charge in [0.2, 0.25) is 11.9 Å². The molecule has 222 valence electrons. The van der Waals surface area contributed by atoms with Crippen molar-refractivity contribution in [3.05, 3.63) is 35.8 Å². The molecular weight excluding hydrogens is 539 g/mol. The molecule has 0 unspecified atom stereocenters. The Morgan fingerprint density at radius 1 is 1.15 bits per heavy atom. The molecule has 5 N–H and O–H groups in total. The topological polar surface area (TPSA) is 138 Å². The number of aliphatic hydroxyl groups is 1. The summed E-state index contributed by atoms with van der Waals surface area (Å²) in [6, 6.07) is 1.18. The number of rotatable bonds is 8. The summed E-state index contributed by atoms with van der Waals surface area (Å²) < 4.78 is 47.5. The average molecular weight is 576 g/mol. The van der Waals surface area contributed by atoms with E-state index in [0.717, 1.165) is 44.9 Å². The number of nitrogen functional groups attached to an aromatic ring is 1. The molecule has 3 fully saturated rings. The lowest BCUT2D eigenvalue weighted by Crippen LogP contribution is -2.43. The standard InChI is InChI=1S/C28H36F3N7O3/c29-18-11-21(30)25(22(31)12-18)36-24(10-16-7-9-41-15-16)35-23-13-33-28(37-26(23)32)34-19-5-3-17(4-6-19)27(40)38-8-1-2-20(38)14-39/h11-13,16-17,19-20,39H,1-10,14-15H2,(H,35,36)(H3,32,33,34,37)/t16-,17?,19?,20+/m1/s1. The summed E-state index contributed by atoms with van der Waals surface area (Å²) in [5, 5.41) is 15.9. The van der Waals surface area contributed by atoms with Crippen molar-refractivity contribution in [1.29, 1.82) is 0 Å². The van der Waals surface area contributed by atoms with E-state index >= 15 is 0 Å². The monoisotopic (exact) mass is 575 g/mol. The Morgan fingerprint density at radius 2 is 1.90 bits per heavy atom. The summed E-state index contributed by atoms with van der Waals surface area (Å²) in [5.41, 5.74) is 5.93. The fraction of sp³-hybridized carbons (Fsp3) is 0.571. The maximum absolute atomic E-state index is 14.3. The summed E-state index contributed by atoms with van der Waals surface area (Å²) in [5.74, 6) is -2.40. The number of benzene rings is 1. The van der Waals surface area contributed by atoms with Crippen LogP contribution in [0.3, 0.4) is 0 Å². The highest BCUT2D eigenvalue weighted by molar-refractivity contribution is 5.99. The van der Waals surface area contributed by atoms with Gasteiger partial charge in [-0.3, -0.25) is 4.79 Å². The zero-order valence-corrected chi connectivity index (χ0v) is 22.8. The van der Waals surface area contributed by atoms with Gasteiger partial charge in [-0.2, -0.15) is 4.98 Å². The number of anilines is 3. The Kier molecular flexibility index (Phi) is 9.23. The molecule has 5 rings (SSSR count). The number of carbonyl (C=O) groups excluding carboxylic acids is 1. The Morgan fingerprint density at radius 3 is 2.56 bits per heavy atom. The number of carbonyl (C=O) groups is 1. The van der Waals surface area contributed by atoms with Gasteiger partial charge in [0, 0.05) is 50.3 Å². The number of aliphatic imine (C=N–C) groups is 1. The fourth-order valence-electron chi connectivity index (χ4n) is 5.85. The van der Waals surface area contributed by atoms with Crippen molar-refractivity contribution in [2.75, 3.05) is 42.7 Å². The van der Waals surface area contributed by atoms with Crippen LogP contribution in [-0.2, 0) is 9.53 Å². The molecule has 1 saturated carbocycles. The van der Waals surface area contributed by atoms with E-state index in [1.807, 2.05) is 4.90 Å². The normalized spacial score (nSPS) is 25.0. The van der Waals surface area contributed by atoms with E-state index < -0.39 is 23.1 Å². The number of nitrogens with zero attached hydrogens (tertiary/aromatic N) is 4. The molecule has 0 spiro atoms. The van der Waals surface area contributed by atoms with Crippen LogP contribution in [0.1, 0.15) is 51.4 Å². The van der Waals surface area contributed by atoms with Gasteiger partial charge in [-0.25, -0.2) is 23.1 Å². The third-order valence-electron chi connectivity index (χ3n) is 8.11. The Hall–Kier alpha value is -3.45. The Labute approximate surface area is 236 Å². The Balaban J connectivity index is 1.22. The number of hydrogen-bond acceptors (Lipinski definition) is 8. The van der Waals surface area contributed by atoms with Gasteiger partial charge in [-0.05, 0) is 50.9 Å². The lowest BCUT2D eigenvalue weighted by atomic mass is 9.85. The van der Waals surface area contributed by atoms with Crippen molar-refractivity contribution in [3.63, 3.8) is 0 Å². The van der Waals surface area contributed by atoms with Crippen LogP contribution in [-0.4, -0.2) is 70.2 Å². The number of halogens is 3. The quantitative estimate of drug-likeness (QED) is 0.274. The summed E-state index contributed by atoms with van der Waals surface area (Å²) in [6.07, 6.45) is 7.36. The van der Waals surface area contributed by atoms with Crippen molar-refractivity contribution < 1.29 is 27.8 Å². The second-order valence-electron chi connectivity index (χ2n) is 11.0. The summed E-state index contributed by atoms with van der Waals surface area (Å²) in [7, 11) is 0. The van der Waals surface area contributed by atoms with Gasteiger partial charge in [0.25, 0.3) is 0 Å². The molecule has 13 heteroatoms. The molecule has 3 heterocycles. The van der Waals surface area contributed by atoms with Gasteiger partial charge in [0.05, 0.1) is 18.8 Å². The molecule has 2 saturated heterocycles. The van der Waals surface area contributed by atoms with Crippen molar-refractivity contribution in [1.82, 2.24) is 14.9 Å². The predicted octanol–water partition coefficient (Wildman–Crippen LogP) is 4.00. The highest BCUT2D eigenvalue weighted by Crippen LogP contribution is 2.31. The van der Waals surface area contributed by atoms with Crippen LogP contribution in [0.25, 0.3) is 0 Å². The number of hydrogen-bond donors (Lipinski definition) is 4. The summed E-state index contributed by atoms with van der Waals surface area (Å²) in [4.78, 5) is 27.6. The van der Waals surface area contributed by atoms with Crippen LogP contribution in [0, 0.1) is 29.3 Å². The predicted molar refractivity (Wildman–Crippen MR) is 148 cm³/mol. The first kappa shape index (κ1) is 29.1. The molecule has 10 nitrogen and oxygen atoms in total. The van der Waals surface area contributed by atoms with Crippen LogP contribution >= 0.6 is 0 Å². The minimum atomic E-state index is -1.11. The molecule has 1 aromatic heterocycles. The molecule has 1 aliphatic carbocycles.